The Morgan fingerprint density at radius 1 is 1.05 bits per heavy atom. The highest BCUT2D eigenvalue weighted by molar-refractivity contribution is 5.73. The molecule has 0 aliphatic heterocycles. The predicted octanol–water partition coefficient (Wildman–Crippen LogP) is 3.15. The standard InChI is InChI=1S/C16H22O4/c1-18-14-9-8-11(10-15(14)19-2)12-6-4-5-7-13(12)16(17)20-3/h8-10,12-13H,4-7H2,1-3H3. The van der Waals surface area contributed by atoms with Crippen LogP contribution in [0.15, 0.2) is 18.2 Å². The van der Waals surface area contributed by atoms with Crippen LogP contribution in [0.3, 0.4) is 0 Å². The summed E-state index contributed by atoms with van der Waals surface area (Å²) in [5.41, 5.74) is 1.12. The van der Waals surface area contributed by atoms with Crippen molar-refractivity contribution in [3.8, 4) is 11.5 Å². The molecule has 4 heteroatoms. The van der Waals surface area contributed by atoms with Crippen LogP contribution in [-0.2, 0) is 9.53 Å². The quantitative estimate of drug-likeness (QED) is 0.794. The van der Waals surface area contributed by atoms with Gasteiger partial charge in [-0.1, -0.05) is 18.9 Å². The first-order valence-corrected chi connectivity index (χ1v) is 7.01. The lowest BCUT2D eigenvalue weighted by Crippen LogP contribution is -2.26. The first-order chi connectivity index (χ1) is 9.71. The molecule has 0 bridgehead atoms. The van der Waals surface area contributed by atoms with E-state index in [2.05, 4.69) is 0 Å². The Hall–Kier alpha value is -1.71. The average Bonchev–Trinajstić information content (AvgIpc) is 2.53. The van der Waals surface area contributed by atoms with Crippen LogP contribution < -0.4 is 9.47 Å². The van der Waals surface area contributed by atoms with Crippen molar-refractivity contribution < 1.29 is 19.0 Å². The van der Waals surface area contributed by atoms with Crippen LogP contribution in [0.25, 0.3) is 0 Å². The highest BCUT2D eigenvalue weighted by Gasteiger charge is 2.33. The topological polar surface area (TPSA) is 44.8 Å². The van der Waals surface area contributed by atoms with Gasteiger partial charge >= 0.3 is 5.97 Å². The van der Waals surface area contributed by atoms with Crippen molar-refractivity contribution in [3.63, 3.8) is 0 Å². The van der Waals surface area contributed by atoms with Crippen molar-refractivity contribution in [2.45, 2.75) is 31.6 Å². The van der Waals surface area contributed by atoms with Gasteiger partial charge in [-0.3, -0.25) is 4.79 Å². The molecule has 1 aliphatic rings. The lowest BCUT2D eigenvalue weighted by molar-refractivity contribution is -0.147. The Morgan fingerprint density at radius 3 is 2.40 bits per heavy atom. The number of carbonyl (C=O) groups is 1. The fourth-order valence-electron chi connectivity index (χ4n) is 3.05. The fourth-order valence-corrected chi connectivity index (χ4v) is 3.05. The predicted molar refractivity (Wildman–Crippen MR) is 76.3 cm³/mol. The molecular weight excluding hydrogens is 256 g/mol. The van der Waals surface area contributed by atoms with Crippen LogP contribution in [0.2, 0.25) is 0 Å². The maximum Gasteiger partial charge on any atom is 0.309 e. The van der Waals surface area contributed by atoms with Crippen LogP contribution in [0.5, 0.6) is 11.5 Å². The van der Waals surface area contributed by atoms with Gasteiger partial charge in [-0.25, -0.2) is 0 Å². The molecule has 2 rings (SSSR count). The molecule has 0 spiro atoms. The number of benzene rings is 1. The van der Waals surface area contributed by atoms with Crippen LogP contribution in [0, 0.1) is 5.92 Å². The minimum absolute atomic E-state index is 0.0492. The molecule has 0 saturated heterocycles. The van der Waals surface area contributed by atoms with Crippen LogP contribution in [0.4, 0.5) is 0 Å². The molecule has 2 atom stereocenters. The van der Waals surface area contributed by atoms with Crippen LogP contribution in [0.1, 0.15) is 37.2 Å². The number of hydrogen-bond acceptors (Lipinski definition) is 4. The molecule has 4 nitrogen and oxygen atoms in total. The summed E-state index contributed by atoms with van der Waals surface area (Å²) in [6.07, 6.45) is 4.14. The van der Waals surface area contributed by atoms with E-state index in [0.29, 0.717) is 11.5 Å². The Bertz CT molecular complexity index is 470. The molecule has 1 aromatic rings. The minimum atomic E-state index is -0.107. The third-order valence-corrected chi connectivity index (χ3v) is 4.11. The summed E-state index contributed by atoms with van der Waals surface area (Å²) >= 11 is 0. The summed E-state index contributed by atoms with van der Waals surface area (Å²) in [4.78, 5) is 12.0. The Morgan fingerprint density at radius 2 is 1.75 bits per heavy atom. The van der Waals surface area contributed by atoms with E-state index in [-0.39, 0.29) is 17.8 Å². The van der Waals surface area contributed by atoms with Gasteiger partial charge in [0.25, 0.3) is 0 Å². The summed E-state index contributed by atoms with van der Waals surface area (Å²) in [6, 6.07) is 5.90. The molecule has 0 heterocycles. The van der Waals surface area contributed by atoms with Gasteiger partial charge in [0.15, 0.2) is 11.5 Å². The molecule has 1 fully saturated rings. The lowest BCUT2D eigenvalue weighted by atomic mass is 9.75. The van der Waals surface area contributed by atoms with E-state index in [1.807, 2.05) is 18.2 Å². The zero-order chi connectivity index (χ0) is 14.5. The van der Waals surface area contributed by atoms with Crippen LogP contribution in [-0.4, -0.2) is 27.3 Å². The number of methoxy groups -OCH3 is 3. The molecule has 2 unspecified atom stereocenters. The molecule has 1 saturated carbocycles. The molecule has 1 aliphatic carbocycles. The minimum Gasteiger partial charge on any atom is -0.493 e. The van der Waals surface area contributed by atoms with Crippen molar-refractivity contribution in [1.82, 2.24) is 0 Å². The Balaban J connectivity index is 2.30. The number of hydrogen-bond donors (Lipinski definition) is 0. The lowest BCUT2D eigenvalue weighted by Gasteiger charge is -2.30. The fraction of sp³-hybridized carbons (Fsp3) is 0.562. The van der Waals surface area contributed by atoms with Gasteiger partial charge in [-0.15, -0.1) is 0 Å². The highest BCUT2D eigenvalue weighted by atomic mass is 16.5. The van der Waals surface area contributed by atoms with Crippen molar-refractivity contribution in [2.75, 3.05) is 21.3 Å². The average molecular weight is 278 g/mol. The molecule has 0 radical (unpaired) electrons. The third kappa shape index (κ3) is 2.89. The monoisotopic (exact) mass is 278 g/mol. The van der Waals surface area contributed by atoms with Crippen molar-refractivity contribution in [2.24, 2.45) is 5.92 Å². The third-order valence-electron chi connectivity index (χ3n) is 4.11. The van der Waals surface area contributed by atoms with Gasteiger partial charge < -0.3 is 14.2 Å². The van der Waals surface area contributed by atoms with Gasteiger partial charge in [-0.05, 0) is 36.5 Å². The van der Waals surface area contributed by atoms with Gasteiger partial charge in [0.2, 0.25) is 0 Å². The van der Waals surface area contributed by atoms with Crippen molar-refractivity contribution >= 4 is 5.97 Å². The second-order valence-electron chi connectivity index (χ2n) is 5.14. The van der Waals surface area contributed by atoms with Gasteiger partial charge in [-0.2, -0.15) is 0 Å². The van der Waals surface area contributed by atoms with E-state index < -0.39 is 0 Å². The Kier molecular flexibility index (Phi) is 4.88. The number of ether oxygens (including phenoxy) is 3. The first kappa shape index (κ1) is 14.7. The van der Waals surface area contributed by atoms with E-state index in [9.17, 15) is 4.79 Å². The normalized spacial score (nSPS) is 22.1. The van der Waals surface area contributed by atoms with Crippen LogP contribution >= 0.6 is 0 Å². The molecule has 1 aromatic carbocycles. The molecular formula is C16H22O4. The summed E-state index contributed by atoms with van der Waals surface area (Å²) in [5.74, 6) is 1.47. The molecule has 0 aromatic heterocycles. The second kappa shape index (κ2) is 6.64. The summed E-state index contributed by atoms with van der Waals surface area (Å²) in [5, 5.41) is 0. The second-order valence-corrected chi connectivity index (χ2v) is 5.14. The Labute approximate surface area is 120 Å². The summed E-state index contributed by atoms with van der Waals surface area (Å²) in [7, 11) is 4.71. The summed E-state index contributed by atoms with van der Waals surface area (Å²) in [6.45, 7) is 0. The SMILES string of the molecule is COC(=O)C1CCCCC1c1ccc(OC)c(OC)c1. The van der Waals surface area contributed by atoms with E-state index in [0.717, 1.165) is 31.2 Å². The molecule has 0 amide bonds. The van der Waals surface area contributed by atoms with Gasteiger partial charge in [0.1, 0.15) is 0 Å². The number of rotatable bonds is 4. The van der Waals surface area contributed by atoms with E-state index in [1.165, 1.54) is 7.11 Å². The first-order valence-electron chi connectivity index (χ1n) is 7.01. The van der Waals surface area contributed by atoms with Crippen molar-refractivity contribution in [3.05, 3.63) is 23.8 Å². The van der Waals surface area contributed by atoms with Gasteiger partial charge in [0.05, 0.1) is 27.2 Å². The summed E-state index contributed by atoms with van der Waals surface area (Å²) < 4.78 is 15.6. The smallest absolute Gasteiger partial charge is 0.309 e. The molecule has 0 N–H and O–H groups in total. The van der Waals surface area contributed by atoms with E-state index in [1.54, 1.807) is 14.2 Å². The number of carbonyl (C=O) groups excluding carboxylic acids is 1. The number of esters is 1. The van der Waals surface area contributed by atoms with Gasteiger partial charge in [0, 0.05) is 0 Å². The zero-order valence-electron chi connectivity index (χ0n) is 12.3. The molecule has 20 heavy (non-hydrogen) atoms. The van der Waals surface area contributed by atoms with E-state index >= 15 is 0 Å². The maximum absolute atomic E-state index is 12.0. The maximum atomic E-state index is 12.0. The largest absolute Gasteiger partial charge is 0.493 e. The highest BCUT2D eigenvalue weighted by Crippen LogP contribution is 2.41. The molecule has 110 valence electrons. The zero-order valence-corrected chi connectivity index (χ0v) is 12.3. The van der Waals surface area contributed by atoms with E-state index in [4.69, 9.17) is 14.2 Å². The van der Waals surface area contributed by atoms with Crippen molar-refractivity contribution in [1.29, 1.82) is 0 Å².